The van der Waals surface area contributed by atoms with Gasteiger partial charge in [0.1, 0.15) is 5.82 Å². The topological polar surface area (TPSA) is 49.3 Å². The lowest BCUT2D eigenvalue weighted by molar-refractivity contribution is 0.0916. The lowest BCUT2D eigenvalue weighted by Gasteiger charge is -2.13. The van der Waals surface area contributed by atoms with Crippen LogP contribution in [0.25, 0.3) is 0 Å². The van der Waals surface area contributed by atoms with Crippen LogP contribution in [-0.4, -0.2) is 17.6 Å². The van der Waals surface area contributed by atoms with Crippen molar-refractivity contribution in [2.45, 2.75) is 6.10 Å². The normalized spacial score (nSPS) is 12.0. The highest BCUT2D eigenvalue weighted by Gasteiger charge is 2.16. The quantitative estimate of drug-likeness (QED) is 0.846. The average molecular weight is 330 g/mol. The maximum absolute atomic E-state index is 13.1. The predicted octanol–water partition coefficient (Wildman–Crippen LogP) is 3.22. The van der Waals surface area contributed by atoms with Gasteiger partial charge in [-0.1, -0.05) is 23.7 Å². The minimum absolute atomic E-state index is 0.195. The molecule has 2 rings (SSSR count). The Hall–Kier alpha value is -2.05. The Labute approximate surface area is 129 Å². The molecule has 0 saturated carbocycles. The average Bonchev–Trinajstić information content (AvgIpc) is 2.49. The van der Waals surface area contributed by atoms with E-state index in [0.717, 1.165) is 0 Å². The smallest absolute Gasteiger partial charge is 0.253 e. The van der Waals surface area contributed by atoms with E-state index < -0.39 is 29.5 Å². The van der Waals surface area contributed by atoms with E-state index in [1.807, 2.05) is 0 Å². The van der Waals surface area contributed by atoms with Gasteiger partial charge in [0.05, 0.1) is 16.7 Å². The molecule has 0 fully saturated rings. The summed E-state index contributed by atoms with van der Waals surface area (Å²) < 4.78 is 38.8. The molecule has 0 spiro atoms. The van der Waals surface area contributed by atoms with Crippen LogP contribution in [-0.2, 0) is 0 Å². The molecule has 0 radical (unpaired) electrons. The Morgan fingerprint density at radius 2 is 1.73 bits per heavy atom. The first kappa shape index (κ1) is 16.3. The van der Waals surface area contributed by atoms with Gasteiger partial charge in [-0.05, 0) is 29.8 Å². The Morgan fingerprint density at radius 1 is 1.14 bits per heavy atom. The van der Waals surface area contributed by atoms with Crippen molar-refractivity contribution in [3.8, 4) is 0 Å². The maximum Gasteiger partial charge on any atom is 0.253 e. The summed E-state index contributed by atoms with van der Waals surface area (Å²) in [5.41, 5.74) is 0.157. The molecule has 7 heteroatoms. The molecule has 2 aromatic rings. The van der Waals surface area contributed by atoms with Gasteiger partial charge >= 0.3 is 0 Å². The fraction of sp³-hybridized carbons (Fsp3) is 0.133. The predicted molar refractivity (Wildman–Crippen MR) is 75.1 cm³/mol. The second kappa shape index (κ2) is 6.81. The number of halogens is 4. The molecule has 0 aliphatic heterocycles. The summed E-state index contributed by atoms with van der Waals surface area (Å²) in [6.45, 7) is -0.195. The number of benzene rings is 2. The number of aliphatic hydroxyl groups excluding tert-OH is 1. The number of hydrogen-bond acceptors (Lipinski definition) is 2. The third kappa shape index (κ3) is 3.78. The van der Waals surface area contributed by atoms with Gasteiger partial charge in [0.2, 0.25) is 0 Å². The Morgan fingerprint density at radius 3 is 2.36 bits per heavy atom. The van der Waals surface area contributed by atoms with Crippen molar-refractivity contribution < 1.29 is 23.1 Å². The second-order valence-electron chi connectivity index (χ2n) is 4.52. The monoisotopic (exact) mass is 329 g/mol. The van der Waals surface area contributed by atoms with Crippen LogP contribution in [0.5, 0.6) is 0 Å². The van der Waals surface area contributed by atoms with Crippen LogP contribution in [0.2, 0.25) is 5.02 Å². The molecule has 22 heavy (non-hydrogen) atoms. The summed E-state index contributed by atoms with van der Waals surface area (Å²) in [6, 6.07) is 6.46. The van der Waals surface area contributed by atoms with Crippen LogP contribution in [0.3, 0.4) is 0 Å². The number of carbonyl (C=O) groups excluding carboxylic acids is 1. The number of amides is 1. The van der Waals surface area contributed by atoms with E-state index in [1.54, 1.807) is 0 Å². The minimum Gasteiger partial charge on any atom is -0.387 e. The summed E-state index contributed by atoms with van der Waals surface area (Å²) >= 11 is 5.67. The van der Waals surface area contributed by atoms with Crippen molar-refractivity contribution in [3.05, 3.63) is 70.0 Å². The lowest BCUT2D eigenvalue weighted by atomic mass is 10.1. The van der Waals surface area contributed by atoms with E-state index in [0.29, 0.717) is 17.7 Å². The van der Waals surface area contributed by atoms with Crippen molar-refractivity contribution >= 4 is 17.5 Å². The van der Waals surface area contributed by atoms with Crippen LogP contribution in [0.15, 0.2) is 36.4 Å². The first-order chi connectivity index (χ1) is 10.4. The second-order valence-corrected chi connectivity index (χ2v) is 4.93. The molecule has 116 valence electrons. The van der Waals surface area contributed by atoms with E-state index >= 15 is 0 Å². The highest BCUT2D eigenvalue weighted by molar-refractivity contribution is 6.33. The zero-order valence-electron chi connectivity index (χ0n) is 11.1. The highest BCUT2D eigenvalue weighted by atomic mass is 35.5. The summed E-state index contributed by atoms with van der Waals surface area (Å²) in [6.07, 6.45) is -1.08. The summed E-state index contributed by atoms with van der Waals surface area (Å²) in [5, 5.41) is 12.0. The standard InChI is InChI=1S/C15H11ClF3NO2/c16-11-6-13(19)12(18)5-10(11)15(22)20-7-14(21)8-1-3-9(17)4-2-8/h1-6,14,21H,7H2,(H,20,22). The highest BCUT2D eigenvalue weighted by Crippen LogP contribution is 2.20. The van der Waals surface area contributed by atoms with Crippen molar-refractivity contribution in [1.82, 2.24) is 5.32 Å². The SMILES string of the molecule is O=C(NCC(O)c1ccc(F)cc1)c1cc(F)c(F)cc1Cl. The molecule has 0 heterocycles. The van der Waals surface area contributed by atoms with E-state index in [4.69, 9.17) is 11.6 Å². The zero-order chi connectivity index (χ0) is 16.3. The molecule has 0 aliphatic rings. The van der Waals surface area contributed by atoms with Gasteiger partial charge in [-0.3, -0.25) is 4.79 Å². The first-order valence-electron chi connectivity index (χ1n) is 6.24. The molecule has 2 aromatic carbocycles. The number of nitrogens with one attached hydrogen (secondary N) is 1. The Balaban J connectivity index is 2.03. The molecule has 3 nitrogen and oxygen atoms in total. The summed E-state index contributed by atoms with van der Waals surface area (Å²) in [5.74, 6) is -3.57. The maximum atomic E-state index is 13.1. The van der Waals surface area contributed by atoms with Gasteiger partial charge < -0.3 is 10.4 Å². The fourth-order valence-electron chi connectivity index (χ4n) is 1.78. The molecule has 1 amide bonds. The van der Waals surface area contributed by atoms with Crippen LogP contribution in [0.4, 0.5) is 13.2 Å². The molecular formula is C15H11ClF3NO2. The Bertz CT molecular complexity index is 692. The fourth-order valence-corrected chi connectivity index (χ4v) is 2.02. The summed E-state index contributed by atoms with van der Waals surface area (Å²) in [7, 11) is 0. The van der Waals surface area contributed by atoms with Crippen molar-refractivity contribution in [3.63, 3.8) is 0 Å². The van der Waals surface area contributed by atoms with E-state index in [1.165, 1.54) is 24.3 Å². The van der Waals surface area contributed by atoms with Gasteiger partial charge in [-0.25, -0.2) is 13.2 Å². The molecule has 0 bridgehead atoms. The van der Waals surface area contributed by atoms with Crippen molar-refractivity contribution in [1.29, 1.82) is 0 Å². The van der Waals surface area contributed by atoms with Crippen LogP contribution >= 0.6 is 11.6 Å². The molecule has 0 aliphatic carbocycles. The number of carbonyl (C=O) groups is 1. The molecule has 1 unspecified atom stereocenters. The van der Waals surface area contributed by atoms with Crippen molar-refractivity contribution in [2.75, 3.05) is 6.54 Å². The van der Waals surface area contributed by atoms with Crippen LogP contribution < -0.4 is 5.32 Å². The van der Waals surface area contributed by atoms with Crippen LogP contribution in [0.1, 0.15) is 22.0 Å². The molecule has 0 aromatic heterocycles. The number of hydrogen-bond donors (Lipinski definition) is 2. The minimum atomic E-state index is -1.20. The lowest BCUT2D eigenvalue weighted by Crippen LogP contribution is -2.28. The van der Waals surface area contributed by atoms with Gasteiger partial charge in [-0.15, -0.1) is 0 Å². The van der Waals surface area contributed by atoms with Gasteiger partial charge in [-0.2, -0.15) is 0 Å². The van der Waals surface area contributed by atoms with Crippen LogP contribution in [0, 0.1) is 17.5 Å². The molecule has 2 N–H and O–H groups in total. The van der Waals surface area contributed by atoms with E-state index in [2.05, 4.69) is 5.32 Å². The molecular weight excluding hydrogens is 319 g/mol. The van der Waals surface area contributed by atoms with E-state index in [9.17, 15) is 23.1 Å². The number of rotatable bonds is 4. The third-order valence-electron chi connectivity index (χ3n) is 2.97. The third-order valence-corrected chi connectivity index (χ3v) is 3.28. The summed E-state index contributed by atoms with van der Waals surface area (Å²) in [4.78, 5) is 11.9. The van der Waals surface area contributed by atoms with Gasteiger partial charge in [0, 0.05) is 6.54 Å². The molecule has 1 atom stereocenters. The largest absolute Gasteiger partial charge is 0.387 e. The van der Waals surface area contributed by atoms with E-state index in [-0.39, 0.29) is 17.1 Å². The van der Waals surface area contributed by atoms with Gasteiger partial charge in [0.15, 0.2) is 11.6 Å². The first-order valence-corrected chi connectivity index (χ1v) is 6.62. The Kier molecular flexibility index (Phi) is 5.05. The number of aliphatic hydroxyl groups is 1. The van der Waals surface area contributed by atoms with Crippen molar-refractivity contribution in [2.24, 2.45) is 0 Å². The molecule has 0 saturated heterocycles. The van der Waals surface area contributed by atoms with Gasteiger partial charge in [0.25, 0.3) is 5.91 Å². The zero-order valence-corrected chi connectivity index (χ0v) is 11.9.